The lowest BCUT2D eigenvalue weighted by Gasteiger charge is -2.11. The minimum atomic E-state index is 0.796. The number of halogens is 2. The Balaban J connectivity index is 1.26. The van der Waals surface area contributed by atoms with E-state index in [9.17, 15) is 0 Å². The number of nitrogens with zero attached hydrogens (tertiary/aromatic N) is 2. The maximum atomic E-state index is 6.63. The van der Waals surface area contributed by atoms with Crippen LogP contribution in [0.4, 0.5) is 11.4 Å². The van der Waals surface area contributed by atoms with Crippen molar-refractivity contribution in [2.75, 3.05) is 11.9 Å². The van der Waals surface area contributed by atoms with E-state index in [1.165, 1.54) is 60.8 Å². The maximum absolute atomic E-state index is 6.63. The topological polar surface area (TPSA) is 20.0 Å². The Labute approximate surface area is 279 Å². The van der Waals surface area contributed by atoms with Crippen molar-refractivity contribution >= 4 is 78.8 Å². The summed E-state index contributed by atoms with van der Waals surface area (Å²) in [5.41, 5.74) is 9.76. The molecule has 226 valence electrons. The van der Waals surface area contributed by atoms with E-state index >= 15 is 0 Å². The Morgan fingerprint density at radius 3 is 2.26 bits per heavy atom. The van der Waals surface area contributed by atoms with E-state index in [0.29, 0.717) is 0 Å². The van der Waals surface area contributed by atoms with Gasteiger partial charge in [0.15, 0.2) is 0 Å². The van der Waals surface area contributed by atoms with Gasteiger partial charge in [0, 0.05) is 72.5 Å². The van der Waals surface area contributed by atoms with E-state index in [1.54, 1.807) is 0 Å². The highest BCUT2D eigenvalue weighted by Gasteiger charge is 2.30. The molecule has 0 unspecified atom stereocenters. The van der Waals surface area contributed by atoms with Crippen molar-refractivity contribution in [2.45, 2.75) is 33.2 Å². The molecule has 2 aliphatic rings. The first-order valence-electron chi connectivity index (χ1n) is 16.1. The Hall–Kier alpha value is -4.57. The third kappa shape index (κ3) is 4.61. The summed E-state index contributed by atoms with van der Waals surface area (Å²) in [6, 6.07) is 31.7. The molecule has 6 aromatic rings. The average molecular weight is 640 g/mol. The van der Waals surface area contributed by atoms with Gasteiger partial charge in [-0.05, 0) is 80.3 Å². The van der Waals surface area contributed by atoms with Crippen LogP contribution in [0.2, 0.25) is 10.0 Å². The van der Waals surface area contributed by atoms with Crippen molar-refractivity contribution in [3.63, 3.8) is 0 Å². The van der Waals surface area contributed by atoms with Crippen molar-refractivity contribution in [1.82, 2.24) is 4.57 Å². The number of aryl methyl sites for hydroxylation is 1. The lowest BCUT2D eigenvalue weighted by atomic mass is 10.0. The summed E-state index contributed by atoms with van der Waals surface area (Å²) in [7, 11) is 0. The first kappa shape index (κ1) is 28.9. The molecule has 0 saturated heterocycles. The standard InChI is InChI=1S/C41H33Cl2N3/c1-3-45-35(31-14-8-12-29-33(42)20-24-37(45)39(29)31)22-18-26-16-17-27(41(26)44-28-10-6-5-7-11-28)19-23-36-32-15-9-13-30-34(43)21-25-38(40(30)32)46(36)4-2/h5-15,18-25H,3-4,16-17H2,1-2H3/p+1/b26-18+,35-22+. The smallest absolute Gasteiger partial charge is 0.214 e. The summed E-state index contributed by atoms with van der Waals surface area (Å²) >= 11 is 13.3. The summed E-state index contributed by atoms with van der Waals surface area (Å²) in [5.74, 6) is 0. The summed E-state index contributed by atoms with van der Waals surface area (Å²) in [5, 5.41) is 12.5. The first-order valence-corrected chi connectivity index (χ1v) is 16.8. The molecule has 1 aliphatic carbocycles. The lowest BCUT2D eigenvalue weighted by molar-refractivity contribution is -0.430. The summed E-state index contributed by atoms with van der Waals surface area (Å²) in [6.45, 7) is 6.18. The van der Waals surface area contributed by atoms with Crippen LogP contribution in [-0.4, -0.2) is 21.4 Å². The van der Waals surface area contributed by atoms with Crippen molar-refractivity contribution in [3.05, 3.63) is 147 Å². The van der Waals surface area contributed by atoms with E-state index in [2.05, 4.69) is 131 Å². The molecule has 1 N–H and O–H groups in total. The van der Waals surface area contributed by atoms with Crippen LogP contribution in [0.15, 0.2) is 126 Å². The Bertz CT molecular complexity index is 2370. The number of hydrogen-bond acceptors (Lipinski definition) is 1. The summed E-state index contributed by atoms with van der Waals surface area (Å²) in [4.78, 5) is 0. The molecule has 0 saturated carbocycles. The third-order valence-corrected chi connectivity index (χ3v) is 10.2. The molecule has 1 aromatic heterocycles. The van der Waals surface area contributed by atoms with E-state index in [0.717, 1.165) is 52.4 Å². The molecule has 0 radical (unpaired) electrons. The third-order valence-electron chi connectivity index (χ3n) is 9.51. The van der Waals surface area contributed by atoms with Crippen LogP contribution in [0, 0.1) is 0 Å². The number of benzene rings is 5. The minimum absolute atomic E-state index is 0.796. The Morgan fingerprint density at radius 1 is 0.739 bits per heavy atom. The zero-order chi connectivity index (χ0) is 31.4. The normalized spacial score (nSPS) is 16.2. The van der Waals surface area contributed by atoms with Crippen molar-refractivity contribution in [1.29, 1.82) is 0 Å². The van der Waals surface area contributed by atoms with Gasteiger partial charge in [0.2, 0.25) is 11.4 Å². The van der Waals surface area contributed by atoms with Crippen LogP contribution in [0.25, 0.3) is 38.5 Å². The van der Waals surface area contributed by atoms with Crippen LogP contribution in [-0.2, 0) is 6.54 Å². The van der Waals surface area contributed by atoms with Gasteiger partial charge >= 0.3 is 0 Å². The quantitative estimate of drug-likeness (QED) is 0.172. The van der Waals surface area contributed by atoms with Gasteiger partial charge in [-0.2, -0.15) is 4.58 Å². The van der Waals surface area contributed by atoms with Crippen molar-refractivity contribution in [2.24, 2.45) is 0 Å². The predicted molar refractivity (Wildman–Crippen MR) is 197 cm³/mol. The second kappa shape index (κ2) is 11.7. The largest absolute Gasteiger partial charge is 0.355 e. The number of para-hydroxylation sites is 1. The minimum Gasteiger partial charge on any atom is -0.355 e. The highest BCUT2D eigenvalue weighted by Crippen LogP contribution is 2.40. The van der Waals surface area contributed by atoms with Crippen LogP contribution in [0.3, 0.4) is 0 Å². The fourth-order valence-corrected chi connectivity index (χ4v) is 7.86. The first-order chi connectivity index (χ1) is 22.6. The molecule has 2 heterocycles. The molecule has 5 heteroatoms. The number of nitrogens with one attached hydrogen (secondary N) is 1. The summed E-state index contributed by atoms with van der Waals surface area (Å²) < 4.78 is 4.80. The Morgan fingerprint density at radius 2 is 1.48 bits per heavy atom. The molecule has 5 aromatic carbocycles. The Kier molecular flexibility index (Phi) is 7.32. The van der Waals surface area contributed by atoms with E-state index in [4.69, 9.17) is 23.2 Å². The van der Waals surface area contributed by atoms with E-state index in [-0.39, 0.29) is 0 Å². The second-order valence-corrected chi connectivity index (χ2v) is 12.7. The fourth-order valence-electron chi connectivity index (χ4n) is 7.42. The molecule has 0 spiro atoms. The molecule has 0 fully saturated rings. The van der Waals surface area contributed by atoms with Gasteiger partial charge in [0.05, 0.1) is 10.9 Å². The van der Waals surface area contributed by atoms with Gasteiger partial charge in [0.25, 0.3) is 0 Å². The molecule has 1 aliphatic heterocycles. The molecule has 46 heavy (non-hydrogen) atoms. The number of aromatic nitrogens is 1. The van der Waals surface area contributed by atoms with Crippen molar-refractivity contribution < 1.29 is 4.58 Å². The monoisotopic (exact) mass is 638 g/mol. The van der Waals surface area contributed by atoms with Gasteiger partial charge in [-0.15, -0.1) is 0 Å². The molecule has 3 nitrogen and oxygen atoms in total. The second-order valence-electron chi connectivity index (χ2n) is 11.9. The maximum Gasteiger partial charge on any atom is 0.214 e. The van der Waals surface area contributed by atoms with Gasteiger partial charge in [0.1, 0.15) is 6.54 Å². The van der Waals surface area contributed by atoms with Gasteiger partial charge in [-0.1, -0.05) is 83.9 Å². The number of anilines is 1. The number of allylic oxidation sites excluding steroid dienone is 5. The van der Waals surface area contributed by atoms with Crippen LogP contribution >= 0.6 is 23.2 Å². The molecule has 0 atom stereocenters. The highest BCUT2D eigenvalue weighted by atomic mass is 35.5. The molecular formula is C41H34Cl2N3+. The SMILES string of the molecule is CCn1/c(=C/C=C2\CCC(/C=C/C3=[N+](CC)c4ccc(Cl)c5cccc3c45)=C2Nc2ccccc2)c2cccc3c(Cl)ccc1c32. The van der Waals surface area contributed by atoms with Crippen LogP contribution < -0.4 is 10.7 Å². The van der Waals surface area contributed by atoms with Gasteiger partial charge in [-0.25, -0.2) is 0 Å². The highest BCUT2D eigenvalue weighted by molar-refractivity contribution is 6.38. The summed E-state index contributed by atoms with van der Waals surface area (Å²) in [6.07, 6.45) is 11.2. The average Bonchev–Trinajstić information content (AvgIpc) is 3.72. The fraction of sp³-hybridized carbons (Fsp3) is 0.146. The van der Waals surface area contributed by atoms with Gasteiger partial charge in [-0.3, -0.25) is 0 Å². The van der Waals surface area contributed by atoms with Crippen molar-refractivity contribution in [3.8, 4) is 0 Å². The molecule has 0 bridgehead atoms. The lowest BCUT2D eigenvalue weighted by Crippen LogP contribution is -2.14. The molecule has 0 amide bonds. The number of rotatable bonds is 7. The van der Waals surface area contributed by atoms with E-state index in [1.807, 2.05) is 12.1 Å². The van der Waals surface area contributed by atoms with Crippen LogP contribution in [0.5, 0.6) is 0 Å². The molecule has 8 rings (SSSR count). The zero-order valence-electron chi connectivity index (χ0n) is 25.9. The van der Waals surface area contributed by atoms with Crippen LogP contribution in [0.1, 0.15) is 32.3 Å². The van der Waals surface area contributed by atoms with E-state index < -0.39 is 0 Å². The predicted octanol–water partition coefficient (Wildman–Crippen LogP) is 10.6. The van der Waals surface area contributed by atoms with Gasteiger partial charge < -0.3 is 9.88 Å². The zero-order valence-corrected chi connectivity index (χ0v) is 27.5. The molecular weight excluding hydrogens is 605 g/mol. The number of hydrogen-bond donors (Lipinski definition) is 1.